The Labute approximate surface area is 140 Å². The first kappa shape index (κ1) is 15.5. The Morgan fingerprint density at radius 2 is 2.09 bits per heavy atom. The van der Waals surface area contributed by atoms with E-state index in [1.54, 1.807) is 19.3 Å². The summed E-state index contributed by atoms with van der Waals surface area (Å²) >= 11 is 4.37. The smallest absolute Gasteiger partial charge is 0.216 e. The van der Waals surface area contributed by atoms with Crippen molar-refractivity contribution >= 4 is 12.6 Å². The number of nitrogens with one attached hydrogen (secondary N) is 1. The molecular formula is C17H17N4OS+. The molecule has 0 radical (unpaired) electrons. The van der Waals surface area contributed by atoms with Crippen molar-refractivity contribution in [1.29, 1.82) is 5.26 Å². The van der Waals surface area contributed by atoms with E-state index in [-0.39, 0.29) is 5.92 Å². The van der Waals surface area contributed by atoms with Gasteiger partial charge in [-0.2, -0.15) is 9.83 Å². The van der Waals surface area contributed by atoms with Crippen molar-refractivity contribution in [3.63, 3.8) is 0 Å². The van der Waals surface area contributed by atoms with Gasteiger partial charge in [0.1, 0.15) is 0 Å². The van der Waals surface area contributed by atoms with E-state index in [1.807, 2.05) is 47.3 Å². The first-order valence-electron chi connectivity index (χ1n) is 7.24. The Balaban J connectivity index is 2.23. The third-order valence-electron chi connectivity index (χ3n) is 4.05. The van der Waals surface area contributed by atoms with Crippen LogP contribution in [0.3, 0.4) is 0 Å². The molecule has 0 spiro atoms. The minimum Gasteiger partial charge on any atom is -0.366 e. The predicted octanol–water partition coefficient (Wildman–Crippen LogP) is 1.67. The van der Waals surface area contributed by atoms with Gasteiger partial charge in [0, 0.05) is 24.5 Å². The minimum absolute atomic E-state index is 0.357. The summed E-state index contributed by atoms with van der Waals surface area (Å²) in [6.45, 7) is 1.69. The first-order chi connectivity index (χ1) is 11.0. The molecule has 116 valence electrons. The van der Waals surface area contributed by atoms with E-state index < -0.39 is 11.8 Å². The molecule has 3 heterocycles. The van der Waals surface area contributed by atoms with Crippen LogP contribution in [0.1, 0.15) is 24.4 Å². The zero-order valence-electron chi connectivity index (χ0n) is 12.6. The van der Waals surface area contributed by atoms with Crippen LogP contribution in [0, 0.1) is 11.3 Å². The second-order valence-corrected chi connectivity index (χ2v) is 6.13. The van der Waals surface area contributed by atoms with Crippen LogP contribution < -0.4 is 9.88 Å². The maximum Gasteiger partial charge on any atom is 0.216 e. The van der Waals surface area contributed by atoms with Gasteiger partial charge in [-0.15, -0.1) is 12.6 Å². The van der Waals surface area contributed by atoms with Gasteiger partial charge in [0.15, 0.2) is 18.1 Å². The molecule has 3 rings (SSSR count). The number of nitrogens with zero attached hydrogens (tertiary/aromatic N) is 3. The lowest BCUT2D eigenvalue weighted by Gasteiger charge is -2.39. The highest BCUT2D eigenvalue weighted by molar-refractivity contribution is 7.84. The molecule has 0 aromatic carbocycles. The molecule has 3 atom stereocenters. The molecule has 0 amide bonds. The molecule has 0 saturated carbocycles. The zero-order chi connectivity index (χ0) is 16.4. The number of allylic oxidation sites excluding steroid dienone is 1. The van der Waals surface area contributed by atoms with Crippen molar-refractivity contribution in [2.24, 2.45) is 0 Å². The Morgan fingerprint density at radius 3 is 2.70 bits per heavy atom. The molecule has 2 aromatic heterocycles. The fraction of sp³-hybridized carbons (Fsp3) is 0.235. The van der Waals surface area contributed by atoms with Gasteiger partial charge in [0.05, 0.1) is 22.6 Å². The van der Waals surface area contributed by atoms with Crippen molar-refractivity contribution in [2.45, 2.75) is 24.6 Å². The lowest BCUT2D eigenvalue weighted by atomic mass is 9.79. The van der Waals surface area contributed by atoms with Gasteiger partial charge in [-0.25, -0.2) is 0 Å². The van der Waals surface area contributed by atoms with Crippen molar-refractivity contribution in [3.8, 4) is 6.07 Å². The van der Waals surface area contributed by atoms with Crippen LogP contribution >= 0.6 is 12.6 Å². The number of aromatic nitrogens is 2. The Hall–Kier alpha value is -2.36. The molecule has 0 saturated heterocycles. The standard InChI is InChI=1S/C17H16N4OS/c1-17(22)15(21-8-3-2-4-9-21)14(12-6-5-7-19-11-12)13(10-18)16(23)20-17/h2-9,11,14-15,20,22H,1H3/p+1/t14-,15+,17+/m0/s1. The van der Waals surface area contributed by atoms with Gasteiger partial charge >= 0.3 is 0 Å². The van der Waals surface area contributed by atoms with Crippen LogP contribution in [-0.2, 0) is 0 Å². The summed E-state index contributed by atoms with van der Waals surface area (Å²) in [4.78, 5) is 4.16. The molecule has 1 aliphatic rings. The summed E-state index contributed by atoms with van der Waals surface area (Å²) in [6, 6.07) is 11.2. The maximum atomic E-state index is 11.0. The fourth-order valence-electron chi connectivity index (χ4n) is 3.10. The summed E-state index contributed by atoms with van der Waals surface area (Å²) in [5, 5.41) is 23.9. The number of hydrogen-bond donors (Lipinski definition) is 3. The molecule has 6 heteroatoms. The summed E-state index contributed by atoms with van der Waals surface area (Å²) in [5.74, 6) is -0.357. The van der Waals surface area contributed by atoms with Crippen molar-refractivity contribution in [3.05, 3.63) is 71.3 Å². The third-order valence-corrected chi connectivity index (χ3v) is 4.41. The van der Waals surface area contributed by atoms with Gasteiger partial charge in [-0.3, -0.25) is 4.98 Å². The molecule has 0 bridgehead atoms. The highest BCUT2D eigenvalue weighted by atomic mass is 32.1. The SMILES string of the molecule is C[C@]1(O)NC(S)=C(C#N)[C@H](c2cccnc2)[C@H]1[n+]1ccccc1. The van der Waals surface area contributed by atoms with Crippen LogP contribution in [0.25, 0.3) is 0 Å². The summed E-state index contributed by atoms with van der Waals surface area (Å²) < 4.78 is 1.90. The Bertz CT molecular complexity index is 768. The quantitative estimate of drug-likeness (QED) is 0.580. The van der Waals surface area contributed by atoms with Crippen LogP contribution in [0.5, 0.6) is 0 Å². The average Bonchev–Trinajstić information content (AvgIpc) is 2.55. The number of pyridine rings is 2. The fourth-order valence-corrected chi connectivity index (χ4v) is 3.52. The van der Waals surface area contributed by atoms with Crippen molar-refractivity contribution in [1.82, 2.24) is 10.3 Å². The Morgan fingerprint density at radius 1 is 1.35 bits per heavy atom. The molecule has 0 unspecified atom stereocenters. The van der Waals surface area contributed by atoms with Gasteiger partial charge in [-0.1, -0.05) is 12.1 Å². The molecule has 1 aliphatic heterocycles. The summed E-state index contributed by atoms with van der Waals surface area (Å²) in [5.41, 5.74) is 0.0668. The predicted molar refractivity (Wildman–Crippen MR) is 88.0 cm³/mol. The number of thiol groups is 1. The number of rotatable bonds is 2. The van der Waals surface area contributed by atoms with Crippen LogP contribution in [0.2, 0.25) is 0 Å². The summed E-state index contributed by atoms with van der Waals surface area (Å²) in [7, 11) is 0. The molecule has 5 nitrogen and oxygen atoms in total. The monoisotopic (exact) mass is 325 g/mol. The highest BCUT2D eigenvalue weighted by Gasteiger charge is 2.51. The summed E-state index contributed by atoms with van der Waals surface area (Å²) in [6.07, 6.45) is 7.16. The molecule has 23 heavy (non-hydrogen) atoms. The molecule has 2 aromatic rings. The zero-order valence-corrected chi connectivity index (χ0v) is 13.5. The number of nitriles is 1. The van der Waals surface area contributed by atoms with E-state index >= 15 is 0 Å². The second kappa shape index (κ2) is 6.03. The lowest BCUT2D eigenvalue weighted by molar-refractivity contribution is -0.741. The van der Waals surface area contributed by atoms with Crippen molar-refractivity contribution < 1.29 is 9.67 Å². The van der Waals surface area contributed by atoms with E-state index in [0.29, 0.717) is 10.6 Å². The third kappa shape index (κ3) is 2.81. The number of hydrogen-bond acceptors (Lipinski definition) is 5. The Kier molecular flexibility index (Phi) is 4.07. The normalized spacial score (nSPS) is 27.2. The maximum absolute atomic E-state index is 11.0. The highest BCUT2D eigenvalue weighted by Crippen LogP contribution is 2.42. The topological polar surface area (TPSA) is 72.8 Å². The molecule has 2 N–H and O–H groups in total. The van der Waals surface area contributed by atoms with E-state index in [1.165, 1.54) is 0 Å². The molecular weight excluding hydrogens is 308 g/mol. The van der Waals surface area contributed by atoms with E-state index in [0.717, 1.165) is 5.56 Å². The van der Waals surface area contributed by atoms with Gasteiger partial charge < -0.3 is 10.4 Å². The van der Waals surface area contributed by atoms with Crippen LogP contribution in [0.4, 0.5) is 0 Å². The number of aliphatic hydroxyl groups is 1. The van der Waals surface area contributed by atoms with E-state index in [4.69, 9.17) is 0 Å². The van der Waals surface area contributed by atoms with Crippen molar-refractivity contribution in [2.75, 3.05) is 0 Å². The minimum atomic E-state index is -1.27. The molecule has 0 aliphatic carbocycles. The lowest BCUT2D eigenvalue weighted by Crippen LogP contribution is -2.62. The van der Waals surface area contributed by atoms with Gasteiger partial charge in [0.2, 0.25) is 6.04 Å². The first-order valence-corrected chi connectivity index (χ1v) is 7.69. The van der Waals surface area contributed by atoms with Crippen LogP contribution in [0.15, 0.2) is 65.7 Å². The average molecular weight is 325 g/mol. The molecule has 0 fully saturated rings. The largest absolute Gasteiger partial charge is 0.366 e. The van der Waals surface area contributed by atoms with E-state index in [9.17, 15) is 10.4 Å². The second-order valence-electron chi connectivity index (χ2n) is 5.68. The van der Waals surface area contributed by atoms with Crippen LogP contribution in [-0.4, -0.2) is 15.8 Å². The van der Waals surface area contributed by atoms with Gasteiger partial charge in [0.25, 0.3) is 0 Å². The van der Waals surface area contributed by atoms with E-state index in [2.05, 4.69) is 29.0 Å². The van der Waals surface area contributed by atoms with Gasteiger partial charge in [-0.05, 0) is 18.6 Å².